The van der Waals surface area contributed by atoms with Gasteiger partial charge in [0.2, 0.25) is 11.8 Å². The van der Waals surface area contributed by atoms with E-state index in [4.69, 9.17) is 5.73 Å². The number of unbranched alkanes of at least 4 members (excludes halogenated alkanes) is 1. The highest BCUT2D eigenvalue weighted by molar-refractivity contribution is 5.97. The summed E-state index contributed by atoms with van der Waals surface area (Å²) in [4.78, 5) is 30.9. The van der Waals surface area contributed by atoms with Crippen LogP contribution in [0.3, 0.4) is 0 Å². The fraction of sp³-hybridized carbons (Fsp3) is 0.588. The molecule has 3 fully saturated rings. The van der Waals surface area contributed by atoms with Gasteiger partial charge in [-0.15, -0.1) is 0 Å². The summed E-state index contributed by atoms with van der Waals surface area (Å²) in [6, 6.07) is 15.6. The lowest BCUT2D eigenvalue weighted by atomic mass is 9.90. The van der Waals surface area contributed by atoms with E-state index in [0.717, 1.165) is 112 Å². The molecular weight excluding hydrogens is 496 g/mol. The molecule has 2 aromatic rings. The number of hydrogen-bond donors (Lipinski definition) is 2. The third kappa shape index (κ3) is 7.06. The van der Waals surface area contributed by atoms with Gasteiger partial charge in [-0.05, 0) is 92.7 Å². The maximum atomic E-state index is 13.3. The van der Waals surface area contributed by atoms with Crippen molar-refractivity contribution < 1.29 is 9.59 Å². The number of nitrogens with zero attached hydrogens (tertiary/aromatic N) is 2. The van der Waals surface area contributed by atoms with Gasteiger partial charge in [-0.1, -0.05) is 50.5 Å². The molecule has 0 heterocycles. The third-order valence-corrected chi connectivity index (χ3v) is 9.24. The number of nitrogens with two attached hydrogens (primary N) is 1. The molecule has 3 N–H and O–H groups in total. The molecule has 0 aromatic heterocycles. The molecule has 3 aliphatic rings. The number of carbonyl (C=O) groups is 2. The normalized spacial score (nSPS) is 21.3. The van der Waals surface area contributed by atoms with E-state index >= 15 is 0 Å². The summed E-state index contributed by atoms with van der Waals surface area (Å²) >= 11 is 0. The van der Waals surface area contributed by atoms with Crippen LogP contribution in [0.2, 0.25) is 0 Å². The molecule has 0 bridgehead atoms. The van der Waals surface area contributed by atoms with Crippen LogP contribution in [0.25, 0.3) is 11.1 Å². The number of hydrogen-bond acceptors (Lipinski definition) is 4. The fourth-order valence-corrected chi connectivity index (χ4v) is 6.50. The summed E-state index contributed by atoms with van der Waals surface area (Å²) in [5.74, 6) is 0.796. The molecule has 0 aliphatic heterocycles. The highest BCUT2D eigenvalue weighted by atomic mass is 16.2. The van der Waals surface area contributed by atoms with Crippen molar-refractivity contribution >= 4 is 23.2 Å². The van der Waals surface area contributed by atoms with E-state index in [9.17, 15) is 9.59 Å². The zero-order chi connectivity index (χ0) is 28.1. The second kappa shape index (κ2) is 13.2. The molecule has 3 aliphatic carbocycles. The van der Waals surface area contributed by atoms with E-state index in [1.807, 2.05) is 0 Å². The van der Waals surface area contributed by atoms with Gasteiger partial charge in [0.05, 0.1) is 11.4 Å². The predicted molar refractivity (Wildman–Crippen MR) is 164 cm³/mol. The number of nitrogens with one attached hydrogen (secondary N) is 1. The van der Waals surface area contributed by atoms with Crippen LogP contribution in [0, 0.1) is 11.8 Å². The molecule has 0 radical (unpaired) electrons. The minimum Gasteiger partial charge on any atom is -0.373 e. The van der Waals surface area contributed by atoms with Gasteiger partial charge in [-0.3, -0.25) is 9.59 Å². The van der Waals surface area contributed by atoms with Gasteiger partial charge >= 0.3 is 0 Å². The van der Waals surface area contributed by atoms with Crippen molar-refractivity contribution in [3.63, 3.8) is 0 Å². The molecule has 216 valence electrons. The van der Waals surface area contributed by atoms with E-state index < -0.39 is 0 Å². The summed E-state index contributed by atoms with van der Waals surface area (Å²) in [7, 11) is 2.11. The van der Waals surface area contributed by atoms with Crippen molar-refractivity contribution in [2.75, 3.05) is 23.8 Å². The maximum Gasteiger partial charge on any atom is 0.227 e. The van der Waals surface area contributed by atoms with Gasteiger partial charge < -0.3 is 20.9 Å². The fourth-order valence-electron chi connectivity index (χ4n) is 6.50. The van der Waals surface area contributed by atoms with Crippen LogP contribution in [-0.2, 0) is 16.1 Å². The Labute approximate surface area is 240 Å². The van der Waals surface area contributed by atoms with Crippen LogP contribution < -0.4 is 16.0 Å². The predicted octanol–water partition coefficient (Wildman–Crippen LogP) is 6.73. The van der Waals surface area contributed by atoms with Crippen molar-refractivity contribution in [1.82, 2.24) is 4.90 Å². The Morgan fingerprint density at radius 1 is 0.900 bits per heavy atom. The lowest BCUT2D eigenvalue weighted by Crippen LogP contribution is -2.44. The van der Waals surface area contributed by atoms with Crippen molar-refractivity contribution in [3.8, 4) is 11.1 Å². The lowest BCUT2D eigenvalue weighted by Gasteiger charge is -2.36. The van der Waals surface area contributed by atoms with Crippen LogP contribution in [-0.4, -0.2) is 42.4 Å². The summed E-state index contributed by atoms with van der Waals surface area (Å²) in [5.41, 5.74) is 11.5. The molecule has 40 heavy (non-hydrogen) atoms. The SMILES string of the molecule is CCCCN(C)c1ccc(-c2cccc(CN(C(=O)C3CC3)C3CCC(N)CC3)c2)cc1NC(=O)C1CCCC1. The number of anilines is 2. The summed E-state index contributed by atoms with van der Waals surface area (Å²) < 4.78 is 0. The molecule has 2 aromatic carbocycles. The van der Waals surface area contributed by atoms with E-state index in [1.165, 1.54) is 0 Å². The Hall–Kier alpha value is -2.86. The molecule has 5 rings (SSSR count). The smallest absolute Gasteiger partial charge is 0.227 e. The standard InChI is InChI=1S/C34H48N4O2/c1-3-4-20-37(2)32-19-14-28(22-31(32)36-33(39)25-9-5-6-10-25)27-11-7-8-24(21-27)23-38(34(40)26-12-13-26)30-17-15-29(35)16-18-30/h7-8,11,14,19,21-22,25-26,29-30H,3-6,9-10,12-13,15-18,20,23,35H2,1-2H3,(H,36,39). The Bertz CT molecular complexity index is 1160. The van der Waals surface area contributed by atoms with Crippen LogP contribution in [0.1, 0.15) is 89.5 Å². The second-order valence-electron chi connectivity index (χ2n) is 12.5. The van der Waals surface area contributed by atoms with Crippen molar-refractivity contribution in [1.29, 1.82) is 0 Å². The topological polar surface area (TPSA) is 78.7 Å². The first-order valence-electron chi connectivity index (χ1n) is 15.7. The molecule has 6 nitrogen and oxygen atoms in total. The van der Waals surface area contributed by atoms with E-state index in [0.29, 0.717) is 12.5 Å². The van der Waals surface area contributed by atoms with Gasteiger partial charge in [0.15, 0.2) is 0 Å². The minimum absolute atomic E-state index is 0.116. The highest BCUT2D eigenvalue weighted by Crippen LogP contribution is 2.36. The Morgan fingerprint density at radius 3 is 2.33 bits per heavy atom. The molecule has 6 heteroatoms. The molecular formula is C34H48N4O2. The van der Waals surface area contributed by atoms with Gasteiger partial charge in [-0.25, -0.2) is 0 Å². The summed E-state index contributed by atoms with van der Waals surface area (Å²) in [6.07, 6.45) is 12.5. The Balaban J connectivity index is 1.38. The second-order valence-corrected chi connectivity index (χ2v) is 12.5. The number of carbonyl (C=O) groups excluding carboxylic acids is 2. The van der Waals surface area contributed by atoms with Gasteiger partial charge in [0.1, 0.15) is 0 Å². The zero-order valence-electron chi connectivity index (χ0n) is 24.5. The quantitative estimate of drug-likeness (QED) is 0.329. The minimum atomic E-state index is 0.116. The molecule has 0 saturated heterocycles. The molecule has 3 saturated carbocycles. The van der Waals surface area contributed by atoms with E-state index in [1.54, 1.807) is 0 Å². The molecule has 2 amide bonds. The van der Waals surface area contributed by atoms with Crippen LogP contribution in [0.5, 0.6) is 0 Å². The molecule has 0 atom stereocenters. The van der Waals surface area contributed by atoms with Crippen molar-refractivity contribution in [3.05, 3.63) is 48.0 Å². The van der Waals surface area contributed by atoms with Crippen LogP contribution in [0.4, 0.5) is 11.4 Å². The first-order valence-corrected chi connectivity index (χ1v) is 15.7. The summed E-state index contributed by atoms with van der Waals surface area (Å²) in [6.45, 7) is 3.80. The number of rotatable bonds is 11. The lowest BCUT2D eigenvalue weighted by molar-refractivity contribution is -0.136. The van der Waals surface area contributed by atoms with Crippen molar-refractivity contribution in [2.24, 2.45) is 17.6 Å². The number of benzene rings is 2. The van der Waals surface area contributed by atoms with Crippen LogP contribution >= 0.6 is 0 Å². The van der Waals surface area contributed by atoms with Crippen LogP contribution in [0.15, 0.2) is 42.5 Å². The van der Waals surface area contributed by atoms with E-state index in [-0.39, 0.29) is 29.8 Å². The largest absolute Gasteiger partial charge is 0.373 e. The average Bonchev–Trinajstić information content (AvgIpc) is 3.68. The monoisotopic (exact) mass is 544 g/mol. The number of amides is 2. The Kier molecular flexibility index (Phi) is 9.46. The van der Waals surface area contributed by atoms with Gasteiger partial charge in [0, 0.05) is 44.1 Å². The van der Waals surface area contributed by atoms with E-state index in [2.05, 4.69) is 71.6 Å². The first-order chi connectivity index (χ1) is 19.4. The molecule has 0 spiro atoms. The molecule has 0 unspecified atom stereocenters. The zero-order valence-corrected chi connectivity index (χ0v) is 24.5. The third-order valence-electron chi connectivity index (χ3n) is 9.24. The van der Waals surface area contributed by atoms with Crippen molar-refractivity contribution in [2.45, 2.75) is 103 Å². The Morgan fingerprint density at radius 2 is 1.62 bits per heavy atom. The maximum absolute atomic E-state index is 13.3. The summed E-state index contributed by atoms with van der Waals surface area (Å²) in [5, 5.41) is 3.30. The average molecular weight is 545 g/mol. The van der Waals surface area contributed by atoms with Gasteiger partial charge in [-0.2, -0.15) is 0 Å². The first kappa shape index (κ1) is 28.7. The highest BCUT2D eigenvalue weighted by Gasteiger charge is 2.37. The van der Waals surface area contributed by atoms with Gasteiger partial charge in [0.25, 0.3) is 0 Å².